The van der Waals surface area contributed by atoms with Gasteiger partial charge in [0.1, 0.15) is 4.90 Å². The Balaban J connectivity index is 0.00000261. The zero-order valence-corrected chi connectivity index (χ0v) is 16.9. The van der Waals surface area contributed by atoms with E-state index in [4.69, 9.17) is 0 Å². The second-order valence-corrected chi connectivity index (χ2v) is 8.22. The van der Waals surface area contributed by atoms with Crippen molar-refractivity contribution >= 4 is 34.2 Å². The molecule has 0 radical (unpaired) electrons. The molecule has 1 fully saturated rings. The van der Waals surface area contributed by atoms with Crippen LogP contribution in [0.5, 0.6) is 0 Å². The van der Waals surface area contributed by atoms with Crippen LogP contribution in [0.15, 0.2) is 23.1 Å². The number of hydrogen-bond acceptors (Lipinski definition) is 6. The number of carbonyl (C=O) groups excluding carboxylic acids is 2. The van der Waals surface area contributed by atoms with Crippen molar-refractivity contribution in [2.24, 2.45) is 0 Å². The Labute approximate surface area is 165 Å². The van der Waals surface area contributed by atoms with Gasteiger partial charge in [0.2, 0.25) is 0 Å². The second kappa shape index (κ2) is 9.01. The number of nitrogens with zero attached hydrogens (tertiary/aromatic N) is 2. The average molecular weight is 417 g/mol. The van der Waals surface area contributed by atoms with Crippen LogP contribution < -0.4 is 10.6 Å². The quantitative estimate of drug-likeness (QED) is 0.647. The molecule has 1 aromatic carbocycles. The van der Waals surface area contributed by atoms with Crippen molar-refractivity contribution in [1.82, 2.24) is 19.8 Å². The molecule has 2 aliphatic rings. The Kier molecular flexibility index (Phi) is 7.21. The predicted molar refractivity (Wildman–Crippen MR) is 104 cm³/mol. The first-order chi connectivity index (χ1) is 12.4. The highest BCUT2D eigenvalue weighted by atomic mass is 35.5. The fraction of sp³-hybridized carbons (Fsp3) is 0.529. The number of benzene rings is 1. The number of rotatable bonds is 6. The van der Waals surface area contributed by atoms with E-state index in [9.17, 15) is 18.0 Å². The number of halogens is 1. The van der Waals surface area contributed by atoms with Gasteiger partial charge in [0.25, 0.3) is 21.8 Å². The Morgan fingerprint density at radius 1 is 1.26 bits per heavy atom. The Bertz CT molecular complexity index is 809. The molecule has 0 saturated carbocycles. The number of sulfonamides is 1. The standard InChI is InChI=1S/C17H24N4O4S.ClH/c1-2-21-17(23)14-5-4-13(12-15(14)26(21,24)25)16(22)19-6-3-9-20-10-7-18-8-11-20;/h4-5,12,18H,2-3,6-11H2,1H3,(H,19,22);1H. The minimum absolute atomic E-state index is 0. The highest BCUT2D eigenvalue weighted by Gasteiger charge is 2.40. The number of piperazine rings is 1. The molecule has 0 unspecified atom stereocenters. The Hall–Kier alpha value is -1.68. The van der Waals surface area contributed by atoms with Gasteiger partial charge in [-0.15, -0.1) is 12.4 Å². The molecule has 1 saturated heterocycles. The van der Waals surface area contributed by atoms with E-state index in [1.165, 1.54) is 18.2 Å². The number of carbonyl (C=O) groups is 2. The van der Waals surface area contributed by atoms with Crippen molar-refractivity contribution in [3.63, 3.8) is 0 Å². The van der Waals surface area contributed by atoms with Crippen LogP contribution in [0.25, 0.3) is 0 Å². The first-order valence-corrected chi connectivity index (χ1v) is 10.3. The van der Waals surface area contributed by atoms with Crippen LogP contribution >= 0.6 is 12.4 Å². The van der Waals surface area contributed by atoms with Gasteiger partial charge in [-0.2, -0.15) is 0 Å². The van der Waals surface area contributed by atoms with E-state index in [2.05, 4.69) is 15.5 Å². The highest BCUT2D eigenvalue weighted by molar-refractivity contribution is 7.90. The van der Waals surface area contributed by atoms with Crippen molar-refractivity contribution < 1.29 is 18.0 Å². The fourth-order valence-corrected chi connectivity index (χ4v) is 4.87. The first-order valence-electron chi connectivity index (χ1n) is 8.87. The summed E-state index contributed by atoms with van der Waals surface area (Å²) in [5.41, 5.74) is 0.377. The Morgan fingerprint density at radius 3 is 2.63 bits per heavy atom. The third-order valence-electron chi connectivity index (χ3n) is 4.70. The highest BCUT2D eigenvalue weighted by Crippen LogP contribution is 2.30. The largest absolute Gasteiger partial charge is 0.352 e. The maximum Gasteiger partial charge on any atom is 0.268 e. The molecule has 8 nitrogen and oxygen atoms in total. The molecular weight excluding hydrogens is 392 g/mol. The summed E-state index contributed by atoms with van der Waals surface area (Å²) in [6.45, 7) is 7.12. The molecule has 0 atom stereocenters. The summed E-state index contributed by atoms with van der Waals surface area (Å²) in [6.07, 6.45) is 0.830. The first kappa shape index (κ1) is 21.6. The number of fused-ring (bicyclic) bond motifs is 1. The van der Waals surface area contributed by atoms with Gasteiger partial charge >= 0.3 is 0 Å². The van der Waals surface area contributed by atoms with Crippen molar-refractivity contribution in [2.45, 2.75) is 18.2 Å². The SMILES string of the molecule is CCN1C(=O)c2ccc(C(=O)NCCCN3CCNCC3)cc2S1(=O)=O.Cl. The number of nitrogens with one attached hydrogen (secondary N) is 2. The minimum Gasteiger partial charge on any atom is -0.352 e. The van der Waals surface area contributed by atoms with Crippen molar-refractivity contribution in [3.8, 4) is 0 Å². The molecular formula is C17H25ClN4O4S. The van der Waals surface area contributed by atoms with Crippen LogP contribution in [0, 0.1) is 0 Å². The summed E-state index contributed by atoms with van der Waals surface area (Å²) < 4.78 is 25.6. The van der Waals surface area contributed by atoms with Gasteiger partial charge in [0.15, 0.2) is 0 Å². The maximum atomic E-state index is 12.4. The van der Waals surface area contributed by atoms with E-state index in [0.29, 0.717) is 6.54 Å². The van der Waals surface area contributed by atoms with E-state index in [-0.39, 0.29) is 40.9 Å². The monoisotopic (exact) mass is 416 g/mol. The van der Waals surface area contributed by atoms with Gasteiger partial charge in [-0.05, 0) is 38.1 Å². The van der Waals surface area contributed by atoms with Gasteiger partial charge < -0.3 is 15.5 Å². The molecule has 0 aromatic heterocycles. The van der Waals surface area contributed by atoms with E-state index in [1.807, 2.05) is 0 Å². The van der Waals surface area contributed by atoms with Crippen LogP contribution in [0.2, 0.25) is 0 Å². The molecule has 2 aliphatic heterocycles. The Morgan fingerprint density at radius 2 is 1.96 bits per heavy atom. The number of amides is 2. The molecule has 2 heterocycles. The third-order valence-corrected chi connectivity index (χ3v) is 6.60. The molecule has 3 rings (SSSR count). The molecule has 27 heavy (non-hydrogen) atoms. The summed E-state index contributed by atoms with van der Waals surface area (Å²) >= 11 is 0. The van der Waals surface area contributed by atoms with Crippen LogP contribution in [-0.2, 0) is 10.0 Å². The van der Waals surface area contributed by atoms with Crippen molar-refractivity contribution in [2.75, 3.05) is 45.8 Å². The minimum atomic E-state index is -3.85. The van der Waals surface area contributed by atoms with Crippen LogP contribution in [-0.4, -0.2) is 75.3 Å². The summed E-state index contributed by atoms with van der Waals surface area (Å²) in [6, 6.07) is 4.21. The lowest BCUT2D eigenvalue weighted by Crippen LogP contribution is -2.44. The molecule has 0 spiro atoms. The summed E-state index contributed by atoms with van der Waals surface area (Å²) in [5.74, 6) is -0.865. The van der Waals surface area contributed by atoms with E-state index in [1.54, 1.807) is 6.92 Å². The van der Waals surface area contributed by atoms with Crippen LogP contribution in [0.3, 0.4) is 0 Å². The molecule has 1 aromatic rings. The average Bonchev–Trinajstić information content (AvgIpc) is 2.84. The lowest BCUT2D eigenvalue weighted by atomic mass is 10.1. The van der Waals surface area contributed by atoms with Crippen molar-refractivity contribution in [1.29, 1.82) is 0 Å². The van der Waals surface area contributed by atoms with Gasteiger partial charge in [-0.1, -0.05) is 0 Å². The van der Waals surface area contributed by atoms with Gasteiger partial charge in [0, 0.05) is 44.8 Å². The number of hydrogen-bond donors (Lipinski definition) is 2. The van der Waals surface area contributed by atoms with Gasteiger partial charge in [-0.3, -0.25) is 9.59 Å². The van der Waals surface area contributed by atoms with Gasteiger partial charge in [0.05, 0.1) is 5.56 Å². The molecule has 2 amide bonds. The summed E-state index contributed by atoms with van der Waals surface area (Å²) in [5, 5.41) is 6.11. The van der Waals surface area contributed by atoms with E-state index < -0.39 is 15.9 Å². The second-order valence-electron chi connectivity index (χ2n) is 6.39. The summed E-state index contributed by atoms with van der Waals surface area (Å²) in [7, 11) is -3.85. The van der Waals surface area contributed by atoms with Crippen LogP contribution in [0.1, 0.15) is 34.1 Å². The maximum absolute atomic E-state index is 12.4. The van der Waals surface area contributed by atoms with Crippen molar-refractivity contribution in [3.05, 3.63) is 29.3 Å². The topological polar surface area (TPSA) is 98.8 Å². The lowest BCUT2D eigenvalue weighted by Gasteiger charge is -2.27. The molecule has 0 bridgehead atoms. The zero-order valence-electron chi connectivity index (χ0n) is 15.2. The molecule has 150 valence electrons. The molecule has 10 heteroatoms. The van der Waals surface area contributed by atoms with E-state index >= 15 is 0 Å². The third kappa shape index (κ3) is 4.43. The fourth-order valence-electron chi connectivity index (χ4n) is 3.27. The van der Waals surface area contributed by atoms with Crippen LogP contribution in [0.4, 0.5) is 0 Å². The normalized spacial score (nSPS) is 18.7. The summed E-state index contributed by atoms with van der Waals surface area (Å²) in [4.78, 5) is 26.7. The predicted octanol–water partition coefficient (Wildman–Crippen LogP) is 0.298. The van der Waals surface area contributed by atoms with Gasteiger partial charge in [-0.25, -0.2) is 12.7 Å². The smallest absolute Gasteiger partial charge is 0.268 e. The molecule has 0 aliphatic carbocycles. The zero-order chi connectivity index (χ0) is 18.7. The lowest BCUT2D eigenvalue weighted by molar-refractivity contribution is 0.0874. The van der Waals surface area contributed by atoms with E-state index in [0.717, 1.165) is 43.4 Å². The molecule has 2 N–H and O–H groups in total.